The number of nitrogens with two attached hydrogens (primary N) is 1. The highest BCUT2D eigenvalue weighted by molar-refractivity contribution is 5.94. The number of anilines is 1. The lowest BCUT2D eigenvalue weighted by molar-refractivity contribution is -0.118. The quantitative estimate of drug-likeness (QED) is 0.704. The van der Waals surface area contributed by atoms with Crippen LogP contribution in [0.1, 0.15) is 26.3 Å². The van der Waals surface area contributed by atoms with E-state index in [2.05, 4.69) is 15.7 Å². The third-order valence-electron chi connectivity index (χ3n) is 3.59. The van der Waals surface area contributed by atoms with Gasteiger partial charge in [0.05, 0.1) is 18.3 Å². The zero-order valence-electron chi connectivity index (χ0n) is 10.9. The molecule has 2 atom stereocenters. The maximum absolute atomic E-state index is 12.0. The minimum Gasteiger partial charge on any atom is -0.320 e. The van der Waals surface area contributed by atoms with Gasteiger partial charge in [-0.1, -0.05) is 20.3 Å². The van der Waals surface area contributed by atoms with Crippen molar-refractivity contribution >= 4 is 11.7 Å². The molecule has 0 spiro atoms. The second-order valence-corrected chi connectivity index (χ2v) is 4.87. The summed E-state index contributed by atoms with van der Waals surface area (Å²) in [4.78, 5) is 12.0. The van der Waals surface area contributed by atoms with Crippen molar-refractivity contribution < 1.29 is 4.79 Å². The molecule has 1 aliphatic rings. The average Bonchev–Trinajstić information content (AvgIpc) is 2.73. The van der Waals surface area contributed by atoms with E-state index in [0.29, 0.717) is 6.04 Å². The van der Waals surface area contributed by atoms with Crippen molar-refractivity contribution in [3.8, 4) is 0 Å². The first-order valence-electron chi connectivity index (χ1n) is 6.44. The van der Waals surface area contributed by atoms with Crippen LogP contribution in [0.25, 0.3) is 0 Å². The fourth-order valence-electron chi connectivity index (χ4n) is 1.87. The maximum Gasteiger partial charge on any atom is 0.242 e. The Kier molecular flexibility index (Phi) is 3.98. The van der Waals surface area contributed by atoms with Gasteiger partial charge in [-0.3, -0.25) is 4.79 Å². The molecule has 6 heteroatoms. The van der Waals surface area contributed by atoms with Gasteiger partial charge >= 0.3 is 0 Å². The van der Waals surface area contributed by atoms with Crippen LogP contribution < -0.4 is 16.4 Å². The molecule has 1 fully saturated rings. The van der Waals surface area contributed by atoms with E-state index >= 15 is 0 Å². The van der Waals surface area contributed by atoms with Crippen molar-refractivity contribution in [3.05, 3.63) is 12.3 Å². The lowest BCUT2D eigenvalue weighted by atomic mass is 9.99. The highest BCUT2D eigenvalue weighted by Gasteiger charge is 2.24. The van der Waals surface area contributed by atoms with E-state index in [1.54, 1.807) is 12.3 Å². The number of carbonyl (C=O) groups excluding carboxylic acids is 1. The second kappa shape index (κ2) is 5.49. The Balaban J connectivity index is 2.00. The Hall–Kier alpha value is -1.40. The van der Waals surface area contributed by atoms with E-state index < -0.39 is 6.04 Å². The smallest absolute Gasteiger partial charge is 0.242 e. The van der Waals surface area contributed by atoms with Crippen molar-refractivity contribution in [2.45, 2.75) is 32.4 Å². The van der Waals surface area contributed by atoms with Crippen LogP contribution in [0.15, 0.2) is 12.3 Å². The summed E-state index contributed by atoms with van der Waals surface area (Å²) in [5.41, 5.74) is 5.91. The van der Waals surface area contributed by atoms with Gasteiger partial charge in [-0.25, -0.2) is 4.68 Å². The predicted octanol–water partition coefficient (Wildman–Crippen LogP) is 0.339. The summed E-state index contributed by atoms with van der Waals surface area (Å²) < 4.78 is 1.84. The molecule has 0 bridgehead atoms. The van der Waals surface area contributed by atoms with Crippen molar-refractivity contribution in [1.29, 1.82) is 0 Å². The van der Waals surface area contributed by atoms with E-state index in [4.69, 9.17) is 5.73 Å². The third kappa shape index (κ3) is 2.54. The van der Waals surface area contributed by atoms with E-state index in [1.165, 1.54) is 0 Å². The van der Waals surface area contributed by atoms with Crippen LogP contribution in [0.4, 0.5) is 5.82 Å². The van der Waals surface area contributed by atoms with Gasteiger partial charge in [-0.05, 0) is 5.92 Å². The molecule has 1 saturated heterocycles. The highest BCUT2D eigenvalue weighted by atomic mass is 16.2. The number of aromatic nitrogens is 2. The van der Waals surface area contributed by atoms with Gasteiger partial charge in [-0.15, -0.1) is 0 Å². The number of amides is 1. The molecule has 2 rings (SSSR count). The molecule has 0 aliphatic carbocycles. The summed E-state index contributed by atoms with van der Waals surface area (Å²) in [6, 6.07) is 1.66. The van der Waals surface area contributed by atoms with E-state index in [1.807, 2.05) is 18.5 Å². The molecule has 0 radical (unpaired) electrons. The number of nitrogens with zero attached hydrogens (tertiary/aromatic N) is 2. The van der Waals surface area contributed by atoms with E-state index in [0.717, 1.165) is 25.3 Å². The molecule has 18 heavy (non-hydrogen) atoms. The van der Waals surface area contributed by atoms with E-state index in [9.17, 15) is 4.79 Å². The fourth-order valence-corrected chi connectivity index (χ4v) is 1.87. The number of carbonyl (C=O) groups is 1. The lowest BCUT2D eigenvalue weighted by Gasteiger charge is -2.29. The Morgan fingerprint density at radius 3 is 3.00 bits per heavy atom. The zero-order chi connectivity index (χ0) is 13.1. The highest BCUT2D eigenvalue weighted by Crippen LogP contribution is 2.18. The molecular weight excluding hydrogens is 230 g/mol. The molecule has 2 heterocycles. The molecule has 1 unspecified atom stereocenters. The Morgan fingerprint density at radius 2 is 2.44 bits per heavy atom. The van der Waals surface area contributed by atoms with Crippen LogP contribution in [0.3, 0.4) is 0 Å². The average molecular weight is 251 g/mol. The summed E-state index contributed by atoms with van der Waals surface area (Å²) in [5.74, 6) is 0.760. The molecule has 100 valence electrons. The number of rotatable bonds is 5. The number of nitrogens with one attached hydrogen (secondary N) is 2. The van der Waals surface area contributed by atoms with Gasteiger partial charge in [-0.2, -0.15) is 5.10 Å². The molecule has 4 N–H and O–H groups in total. The lowest BCUT2D eigenvalue weighted by Crippen LogP contribution is -2.45. The minimum absolute atomic E-state index is 0.140. The molecule has 1 aromatic heterocycles. The van der Waals surface area contributed by atoms with Crippen molar-refractivity contribution in [2.75, 3.05) is 18.4 Å². The predicted molar refractivity (Wildman–Crippen MR) is 70.2 cm³/mol. The van der Waals surface area contributed by atoms with Gasteiger partial charge in [0.25, 0.3) is 0 Å². The topological polar surface area (TPSA) is 85.0 Å². The fraction of sp³-hybridized carbons (Fsp3) is 0.667. The van der Waals surface area contributed by atoms with Gasteiger partial charge in [0.15, 0.2) is 0 Å². The van der Waals surface area contributed by atoms with Crippen molar-refractivity contribution in [1.82, 2.24) is 15.1 Å². The van der Waals surface area contributed by atoms with Crippen LogP contribution in [0, 0.1) is 5.92 Å². The standard InChI is InChI=1S/C12H21N5O/c1-3-8(2)11(13)12(18)16-10-4-5-15-17(10)9-6-14-7-9/h4-5,8-9,11,14H,3,6-7,13H2,1-2H3,(H,16,18)/t8?,11-/m0/s1. The summed E-state index contributed by atoms with van der Waals surface area (Å²) in [6.45, 7) is 5.80. The van der Waals surface area contributed by atoms with Gasteiger partial charge < -0.3 is 16.4 Å². The molecule has 0 aromatic carbocycles. The van der Waals surface area contributed by atoms with Gasteiger partial charge in [0.1, 0.15) is 5.82 Å². The monoisotopic (exact) mass is 251 g/mol. The maximum atomic E-state index is 12.0. The molecular formula is C12H21N5O. The van der Waals surface area contributed by atoms with Crippen molar-refractivity contribution in [2.24, 2.45) is 11.7 Å². The summed E-state index contributed by atoms with van der Waals surface area (Å²) in [6.07, 6.45) is 2.59. The van der Waals surface area contributed by atoms with Crippen LogP contribution in [0.5, 0.6) is 0 Å². The van der Waals surface area contributed by atoms with Gasteiger partial charge in [0, 0.05) is 19.2 Å². The Bertz CT molecular complexity index is 412. The second-order valence-electron chi connectivity index (χ2n) is 4.87. The van der Waals surface area contributed by atoms with E-state index in [-0.39, 0.29) is 11.8 Å². The number of hydrogen-bond acceptors (Lipinski definition) is 4. The van der Waals surface area contributed by atoms with Crippen LogP contribution in [-0.2, 0) is 4.79 Å². The summed E-state index contributed by atoms with van der Waals surface area (Å²) >= 11 is 0. The first-order chi connectivity index (χ1) is 8.63. The molecule has 0 saturated carbocycles. The summed E-state index contributed by atoms with van der Waals surface area (Å²) in [5, 5.41) is 10.3. The van der Waals surface area contributed by atoms with Gasteiger partial charge in [0.2, 0.25) is 5.91 Å². The third-order valence-corrected chi connectivity index (χ3v) is 3.59. The largest absolute Gasteiger partial charge is 0.320 e. The SMILES string of the molecule is CCC(C)[C@H](N)C(=O)Nc1ccnn1C1CNC1. The Labute approximate surface area is 107 Å². The van der Waals surface area contributed by atoms with Crippen molar-refractivity contribution in [3.63, 3.8) is 0 Å². The molecule has 1 aliphatic heterocycles. The molecule has 1 amide bonds. The zero-order valence-corrected chi connectivity index (χ0v) is 10.9. The number of hydrogen-bond donors (Lipinski definition) is 3. The first-order valence-corrected chi connectivity index (χ1v) is 6.44. The Morgan fingerprint density at radius 1 is 1.72 bits per heavy atom. The molecule has 6 nitrogen and oxygen atoms in total. The van der Waals surface area contributed by atoms with Crippen LogP contribution in [0.2, 0.25) is 0 Å². The first kappa shape index (κ1) is 13.0. The van der Waals surface area contributed by atoms with Crippen LogP contribution >= 0.6 is 0 Å². The summed E-state index contributed by atoms with van der Waals surface area (Å²) in [7, 11) is 0. The van der Waals surface area contributed by atoms with Crippen LogP contribution in [-0.4, -0.2) is 34.8 Å². The minimum atomic E-state index is -0.474. The molecule has 1 aromatic rings. The normalized spacial score (nSPS) is 19.1.